The Balaban J connectivity index is 2.02. The van der Waals surface area contributed by atoms with E-state index in [-0.39, 0.29) is 0 Å². The van der Waals surface area contributed by atoms with Crippen molar-refractivity contribution in [3.05, 3.63) is 83.9 Å². The fraction of sp³-hybridized carbons (Fsp3) is 0.0909. The summed E-state index contributed by atoms with van der Waals surface area (Å²) in [6.45, 7) is 0. The number of benzene rings is 4. The van der Waals surface area contributed by atoms with Gasteiger partial charge in [-0.25, -0.2) is 0 Å². The highest BCUT2D eigenvalue weighted by atomic mass is 32.2. The van der Waals surface area contributed by atoms with Crippen molar-refractivity contribution in [2.24, 2.45) is 0 Å². The minimum absolute atomic E-state index is 0.628. The predicted octanol–water partition coefficient (Wildman–Crippen LogP) is 5.42. The molecule has 24 heavy (non-hydrogen) atoms. The smallest absolute Gasteiger partial charge is 0.0495 e. The maximum atomic E-state index is 12.6. The molecule has 1 nitrogen and oxygen atoms in total. The van der Waals surface area contributed by atoms with Crippen molar-refractivity contribution in [3.8, 4) is 11.1 Å². The molecule has 5 rings (SSSR count). The Morgan fingerprint density at radius 2 is 1.04 bits per heavy atom. The summed E-state index contributed by atoms with van der Waals surface area (Å²) in [6, 6.07) is 25.7. The van der Waals surface area contributed by atoms with E-state index in [1.807, 2.05) is 0 Å². The average molecular weight is 328 g/mol. The molecule has 0 atom stereocenters. The van der Waals surface area contributed by atoms with Gasteiger partial charge in [0.05, 0.1) is 0 Å². The van der Waals surface area contributed by atoms with Crippen LogP contribution in [0.4, 0.5) is 0 Å². The molecule has 0 fully saturated rings. The lowest BCUT2D eigenvalue weighted by molar-refractivity contribution is 0.682. The minimum atomic E-state index is -0.866. The van der Waals surface area contributed by atoms with Crippen molar-refractivity contribution in [3.63, 3.8) is 0 Å². The summed E-state index contributed by atoms with van der Waals surface area (Å²) < 4.78 is 12.6. The molecule has 4 aromatic rings. The molecule has 4 aromatic carbocycles. The summed E-state index contributed by atoms with van der Waals surface area (Å²) in [7, 11) is -0.866. The molecule has 116 valence electrons. The molecule has 0 amide bonds. The van der Waals surface area contributed by atoms with Gasteiger partial charge < -0.3 is 0 Å². The van der Waals surface area contributed by atoms with E-state index >= 15 is 0 Å². The van der Waals surface area contributed by atoms with Gasteiger partial charge in [-0.1, -0.05) is 72.8 Å². The Hall–Kier alpha value is -2.45. The standard InChI is InChI=1S/C22H16OS/c23-24-13-17-11-9-15-5-1-3-7-19(15)21(17)22-18(14-24)12-10-16-6-2-4-8-20(16)22/h1-12H,13-14H2. The van der Waals surface area contributed by atoms with Crippen LogP contribution in [0.5, 0.6) is 0 Å². The quantitative estimate of drug-likeness (QED) is 0.421. The molecule has 0 aromatic heterocycles. The van der Waals surface area contributed by atoms with Crippen LogP contribution in [0, 0.1) is 0 Å². The summed E-state index contributed by atoms with van der Waals surface area (Å²) in [4.78, 5) is 0. The normalized spacial score (nSPS) is 14.3. The highest BCUT2D eigenvalue weighted by Gasteiger charge is 2.22. The van der Waals surface area contributed by atoms with Gasteiger partial charge in [-0.2, -0.15) is 0 Å². The van der Waals surface area contributed by atoms with Crippen molar-refractivity contribution < 1.29 is 4.21 Å². The molecular formula is C22H16OS. The lowest BCUT2D eigenvalue weighted by Gasteiger charge is -2.15. The Bertz CT molecular complexity index is 1040. The van der Waals surface area contributed by atoms with Crippen LogP contribution in [-0.2, 0) is 22.3 Å². The zero-order valence-corrected chi connectivity index (χ0v) is 14.0. The maximum Gasteiger partial charge on any atom is 0.0495 e. The molecular weight excluding hydrogens is 312 g/mol. The lowest BCUT2D eigenvalue weighted by atomic mass is 9.88. The second-order valence-corrected chi connectivity index (χ2v) is 7.83. The number of hydrogen-bond donors (Lipinski definition) is 0. The Labute approximate surface area is 143 Å². The topological polar surface area (TPSA) is 17.1 Å². The van der Waals surface area contributed by atoms with Crippen LogP contribution >= 0.6 is 0 Å². The minimum Gasteiger partial charge on any atom is -0.259 e. The molecule has 2 heteroatoms. The van der Waals surface area contributed by atoms with Gasteiger partial charge >= 0.3 is 0 Å². The molecule has 0 saturated heterocycles. The second-order valence-electron chi connectivity index (χ2n) is 6.37. The van der Waals surface area contributed by atoms with Crippen LogP contribution in [0.1, 0.15) is 11.1 Å². The van der Waals surface area contributed by atoms with Crippen molar-refractivity contribution in [1.82, 2.24) is 0 Å². The van der Waals surface area contributed by atoms with Crippen LogP contribution in [-0.4, -0.2) is 4.21 Å². The summed E-state index contributed by atoms with van der Waals surface area (Å²) in [5.74, 6) is 1.26. The molecule has 0 radical (unpaired) electrons. The zero-order chi connectivity index (χ0) is 16.1. The van der Waals surface area contributed by atoms with Gasteiger partial charge in [0, 0.05) is 22.3 Å². The second kappa shape index (κ2) is 5.29. The summed E-state index contributed by atoms with van der Waals surface area (Å²) in [5, 5.41) is 4.99. The summed E-state index contributed by atoms with van der Waals surface area (Å²) in [5.41, 5.74) is 4.93. The van der Waals surface area contributed by atoms with E-state index < -0.39 is 10.8 Å². The number of fused-ring (bicyclic) bond motifs is 7. The fourth-order valence-electron chi connectivity index (χ4n) is 3.86. The first-order valence-corrected chi connectivity index (χ1v) is 9.67. The van der Waals surface area contributed by atoms with E-state index in [2.05, 4.69) is 72.8 Å². The van der Waals surface area contributed by atoms with Crippen molar-refractivity contribution >= 4 is 32.3 Å². The molecule has 0 N–H and O–H groups in total. The molecule has 0 unspecified atom stereocenters. The van der Waals surface area contributed by atoms with Gasteiger partial charge in [-0.15, -0.1) is 0 Å². The highest BCUT2D eigenvalue weighted by Crippen LogP contribution is 2.41. The number of hydrogen-bond acceptors (Lipinski definition) is 1. The molecule has 1 aliphatic rings. The first kappa shape index (κ1) is 13.9. The van der Waals surface area contributed by atoms with Crippen molar-refractivity contribution in [2.75, 3.05) is 0 Å². The van der Waals surface area contributed by atoms with Crippen LogP contribution in [0.15, 0.2) is 72.8 Å². The average Bonchev–Trinajstić information content (AvgIpc) is 2.77. The highest BCUT2D eigenvalue weighted by molar-refractivity contribution is 7.83. The van der Waals surface area contributed by atoms with Gasteiger partial charge in [-0.05, 0) is 43.8 Å². The Morgan fingerprint density at radius 1 is 0.583 bits per heavy atom. The lowest BCUT2D eigenvalue weighted by Crippen LogP contribution is -1.96. The van der Waals surface area contributed by atoms with Gasteiger partial charge in [0.2, 0.25) is 0 Å². The molecule has 1 aliphatic heterocycles. The monoisotopic (exact) mass is 328 g/mol. The molecule has 0 spiro atoms. The molecule has 1 heterocycles. The number of rotatable bonds is 0. The fourth-order valence-corrected chi connectivity index (χ4v) is 5.14. The molecule has 0 saturated carbocycles. The van der Waals surface area contributed by atoms with Crippen LogP contribution < -0.4 is 0 Å². The van der Waals surface area contributed by atoms with E-state index in [9.17, 15) is 4.21 Å². The van der Waals surface area contributed by atoms with Crippen molar-refractivity contribution in [2.45, 2.75) is 11.5 Å². The molecule has 0 bridgehead atoms. The van der Waals surface area contributed by atoms with E-state index in [0.717, 1.165) is 0 Å². The first-order valence-electron chi connectivity index (χ1n) is 8.18. The van der Waals surface area contributed by atoms with Crippen molar-refractivity contribution in [1.29, 1.82) is 0 Å². The zero-order valence-electron chi connectivity index (χ0n) is 13.2. The van der Waals surface area contributed by atoms with E-state index in [1.165, 1.54) is 43.8 Å². The van der Waals surface area contributed by atoms with E-state index in [0.29, 0.717) is 11.5 Å². The van der Waals surface area contributed by atoms with Crippen LogP contribution in [0.3, 0.4) is 0 Å². The molecule has 0 aliphatic carbocycles. The van der Waals surface area contributed by atoms with E-state index in [1.54, 1.807) is 0 Å². The third kappa shape index (κ3) is 2.03. The third-order valence-electron chi connectivity index (χ3n) is 4.91. The summed E-state index contributed by atoms with van der Waals surface area (Å²) >= 11 is 0. The third-order valence-corrected chi connectivity index (χ3v) is 6.18. The predicted molar refractivity (Wildman–Crippen MR) is 102 cm³/mol. The van der Waals surface area contributed by atoms with Crippen LogP contribution in [0.2, 0.25) is 0 Å². The van der Waals surface area contributed by atoms with Gasteiger partial charge in [0.1, 0.15) is 0 Å². The SMILES string of the molecule is O=S1Cc2ccc3ccccc3c2-c2c(ccc3ccccc23)C1. The maximum absolute atomic E-state index is 12.6. The van der Waals surface area contributed by atoms with Gasteiger partial charge in [0.25, 0.3) is 0 Å². The van der Waals surface area contributed by atoms with Gasteiger partial charge in [0.15, 0.2) is 0 Å². The Kier molecular flexibility index (Phi) is 3.07. The Morgan fingerprint density at radius 3 is 1.54 bits per heavy atom. The largest absolute Gasteiger partial charge is 0.259 e. The first-order chi connectivity index (χ1) is 11.8. The summed E-state index contributed by atoms with van der Waals surface area (Å²) in [6.07, 6.45) is 0. The van der Waals surface area contributed by atoms with E-state index in [4.69, 9.17) is 0 Å². The van der Waals surface area contributed by atoms with Gasteiger partial charge in [-0.3, -0.25) is 4.21 Å². The van der Waals surface area contributed by atoms with Crippen LogP contribution in [0.25, 0.3) is 32.7 Å².